The number of rotatable bonds is 1. The van der Waals surface area contributed by atoms with E-state index >= 15 is 0 Å². The van der Waals surface area contributed by atoms with Gasteiger partial charge in [0.1, 0.15) is 0 Å². The summed E-state index contributed by atoms with van der Waals surface area (Å²) < 4.78 is 4.19. The average molecular weight is 266 g/mol. The summed E-state index contributed by atoms with van der Waals surface area (Å²) in [6, 6.07) is 0. The number of hydrogen-bond acceptors (Lipinski definition) is 2. The highest BCUT2D eigenvalue weighted by Gasteiger charge is 1.94. The van der Waals surface area contributed by atoms with Crippen LogP contribution < -0.4 is 0 Å². The summed E-state index contributed by atoms with van der Waals surface area (Å²) in [5, 5.41) is 7.72. The number of alkyl halides is 3. The zero-order valence-corrected chi connectivity index (χ0v) is 10.3. The molecule has 0 bridgehead atoms. The van der Waals surface area contributed by atoms with Crippen LogP contribution in [0.5, 0.6) is 0 Å². The highest BCUT2D eigenvalue weighted by Crippen LogP contribution is 2.03. The first-order chi connectivity index (χ1) is 6.50. The van der Waals surface area contributed by atoms with E-state index in [0.717, 1.165) is 13.2 Å². The maximum atomic E-state index is 9.37. The highest BCUT2D eigenvalue weighted by atomic mass is 35.6. The Morgan fingerprint density at radius 2 is 1.64 bits per heavy atom. The molecule has 0 aromatic rings. The van der Waals surface area contributed by atoms with E-state index in [9.17, 15) is 4.79 Å². The number of aliphatic carboxylic acids is 1. The van der Waals surface area contributed by atoms with E-state index in [1.54, 1.807) is 6.92 Å². The fourth-order valence-electron chi connectivity index (χ4n) is 0.510. The first kappa shape index (κ1) is 16.7. The number of halogens is 3. The SMILES string of the molecule is C1CCOC1.CCC(=O)O.ClC(Cl)Cl. The van der Waals surface area contributed by atoms with Gasteiger partial charge in [-0.3, -0.25) is 4.79 Å². The van der Waals surface area contributed by atoms with Crippen LogP contribution in [0.25, 0.3) is 0 Å². The molecule has 0 aromatic heterocycles. The summed E-state index contributed by atoms with van der Waals surface area (Å²) in [4.78, 5) is 9.37. The fourth-order valence-corrected chi connectivity index (χ4v) is 0.510. The fraction of sp³-hybridized carbons (Fsp3) is 0.875. The van der Waals surface area contributed by atoms with E-state index in [2.05, 4.69) is 0 Å². The Morgan fingerprint density at radius 3 is 1.71 bits per heavy atom. The van der Waals surface area contributed by atoms with Crippen molar-refractivity contribution < 1.29 is 14.6 Å². The van der Waals surface area contributed by atoms with Crippen LogP contribution in [-0.2, 0) is 9.53 Å². The van der Waals surface area contributed by atoms with Crippen molar-refractivity contribution in [3.05, 3.63) is 0 Å². The number of hydrogen-bond donors (Lipinski definition) is 1. The van der Waals surface area contributed by atoms with Crippen LogP contribution in [-0.4, -0.2) is 28.6 Å². The predicted molar refractivity (Wildman–Crippen MR) is 59.3 cm³/mol. The lowest BCUT2D eigenvalue weighted by molar-refractivity contribution is -0.136. The molecule has 0 atom stereocenters. The summed E-state index contributed by atoms with van der Waals surface area (Å²) in [7, 11) is 0. The molecule has 0 unspecified atom stereocenters. The lowest BCUT2D eigenvalue weighted by Gasteiger charge is -1.76. The van der Waals surface area contributed by atoms with E-state index in [1.165, 1.54) is 12.8 Å². The molecule has 1 aliphatic heterocycles. The van der Waals surface area contributed by atoms with Crippen LogP contribution in [0.15, 0.2) is 0 Å². The second-order valence-electron chi connectivity index (χ2n) is 2.31. The van der Waals surface area contributed by atoms with Crippen molar-refractivity contribution in [3.63, 3.8) is 0 Å². The second-order valence-corrected chi connectivity index (χ2v) is 4.29. The van der Waals surface area contributed by atoms with Crippen molar-refractivity contribution in [3.8, 4) is 0 Å². The van der Waals surface area contributed by atoms with Gasteiger partial charge in [-0.05, 0) is 12.8 Å². The molecule has 0 aromatic carbocycles. The molecule has 6 heteroatoms. The van der Waals surface area contributed by atoms with E-state index in [1.807, 2.05) is 0 Å². The standard InChI is InChI=1S/C4H8O.C3H6O2.CHCl3/c1-2-4-5-3-1;1-2-3(4)5;2-1(3)4/h1-4H2;2H2,1H3,(H,4,5);1H. The molecule has 1 N–H and O–H groups in total. The lowest BCUT2D eigenvalue weighted by Crippen LogP contribution is -1.86. The monoisotopic (exact) mass is 264 g/mol. The third kappa shape index (κ3) is 29.5. The van der Waals surface area contributed by atoms with Gasteiger partial charge < -0.3 is 9.84 Å². The van der Waals surface area contributed by atoms with E-state index in [0.29, 0.717) is 0 Å². The maximum absolute atomic E-state index is 9.37. The number of carboxylic acid groups (broad SMARTS) is 1. The molecule has 0 radical (unpaired) electrons. The lowest BCUT2D eigenvalue weighted by atomic mass is 10.4. The first-order valence-corrected chi connectivity index (χ1v) is 5.53. The molecule has 0 saturated carbocycles. The molecular formula is C8H15Cl3O3. The second kappa shape index (κ2) is 13.3. The largest absolute Gasteiger partial charge is 0.481 e. The third-order valence-corrected chi connectivity index (χ3v) is 1.13. The number of ether oxygens (including phenoxy) is 1. The molecule has 1 heterocycles. The molecule has 1 saturated heterocycles. The Balaban J connectivity index is 0. The van der Waals surface area contributed by atoms with Gasteiger partial charge in [0, 0.05) is 19.6 Å². The Labute approximate surface area is 99.3 Å². The smallest absolute Gasteiger partial charge is 0.303 e. The van der Waals surface area contributed by atoms with Gasteiger partial charge in [0.15, 0.2) is 4.30 Å². The molecule has 1 fully saturated rings. The van der Waals surface area contributed by atoms with Crippen LogP contribution in [0.1, 0.15) is 26.2 Å². The van der Waals surface area contributed by atoms with Gasteiger partial charge >= 0.3 is 5.97 Å². The van der Waals surface area contributed by atoms with Gasteiger partial charge in [0.25, 0.3) is 0 Å². The average Bonchev–Trinajstić information content (AvgIpc) is 2.59. The van der Waals surface area contributed by atoms with Crippen LogP contribution in [0.4, 0.5) is 0 Å². The van der Waals surface area contributed by atoms with Gasteiger partial charge in [-0.1, -0.05) is 41.7 Å². The summed E-state index contributed by atoms with van der Waals surface area (Å²) in [6.07, 6.45) is 2.78. The van der Waals surface area contributed by atoms with Crippen LogP contribution in [0, 0.1) is 0 Å². The minimum atomic E-state index is -0.750. The molecule has 86 valence electrons. The van der Waals surface area contributed by atoms with Crippen molar-refractivity contribution >= 4 is 40.8 Å². The van der Waals surface area contributed by atoms with Gasteiger partial charge in [-0.2, -0.15) is 0 Å². The highest BCUT2D eigenvalue weighted by molar-refractivity contribution is 6.63. The minimum Gasteiger partial charge on any atom is -0.481 e. The van der Waals surface area contributed by atoms with Crippen molar-refractivity contribution in [1.29, 1.82) is 0 Å². The quantitative estimate of drug-likeness (QED) is 0.740. The predicted octanol–water partition coefficient (Wildman–Crippen LogP) is 3.26. The van der Waals surface area contributed by atoms with Crippen LogP contribution in [0.3, 0.4) is 0 Å². The van der Waals surface area contributed by atoms with Crippen molar-refractivity contribution in [2.75, 3.05) is 13.2 Å². The van der Waals surface area contributed by atoms with Gasteiger partial charge in [0.2, 0.25) is 0 Å². The first-order valence-electron chi connectivity index (χ1n) is 4.22. The minimum absolute atomic E-state index is 0.222. The van der Waals surface area contributed by atoms with Crippen molar-refractivity contribution in [1.82, 2.24) is 0 Å². The number of carbonyl (C=O) groups is 1. The molecule has 0 aliphatic carbocycles. The van der Waals surface area contributed by atoms with Crippen molar-refractivity contribution in [2.24, 2.45) is 0 Å². The van der Waals surface area contributed by atoms with Gasteiger partial charge in [0.05, 0.1) is 0 Å². The maximum Gasteiger partial charge on any atom is 0.303 e. The van der Waals surface area contributed by atoms with E-state index in [-0.39, 0.29) is 6.42 Å². The number of carboxylic acids is 1. The summed E-state index contributed by atoms with van der Waals surface area (Å²) in [6.45, 7) is 3.60. The van der Waals surface area contributed by atoms with Crippen LogP contribution >= 0.6 is 34.8 Å². The molecular weight excluding hydrogens is 250 g/mol. The van der Waals surface area contributed by atoms with Gasteiger partial charge in [-0.25, -0.2) is 0 Å². The third-order valence-electron chi connectivity index (χ3n) is 1.13. The zero-order valence-electron chi connectivity index (χ0n) is 8.01. The Bertz CT molecular complexity index is 117. The normalized spacial score (nSPS) is 13.8. The van der Waals surface area contributed by atoms with Crippen LogP contribution in [0.2, 0.25) is 0 Å². The topological polar surface area (TPSA) is 46.5 Å². The van der Waals surface area contributed by atoms with E-state index < -0.39 is 10.3 Å². The molecule has 14 heavy (non-hydrogen) atoms. The molecule has 0 spiro atoms. The Kier molecular flexibility index (Phi) is 15.9. The van der Waals surface area contributed by atoms with E-state index in [4.69, 9.17) is 44.6 Å². The summed E-state index contributed by atoms with van der Waals surface area (Å²) in [5.41, 5.74) is 0. The zero-order chi connectivity index (χ0) is 11.4. The molecule has 0 amide bonds. The Morgan fingerprint density at radius 1 is 1.36 bits per heavy atom. The Hall–Kier alpha value is 0.300. The van der Waals surface area contributed by atoms with Crippen molar-refractivity contribution in [2.45, 2.75) is 30.5 Å². The summed E-state index contributed by atoms with van der Waals surface area (Å²) in [5.74, 6) is -0.745. The summed E-state index contributed by atoms with van der Waals surface area (Å²) >= 11 is 14.4. The van der Waals surface area contributed by atoms with Gasteiger partial charge in [-0.15, -0.1) is 0 Å². The molecule has 1 aliphatic rings. The molecule has 1 rings (SSSR count). The molecule has 3 nitrogen and oxygen atoms in total.